The van der Waals surface area contributed by atoms with Gasteiger partial charge >= 0.3 is 0 Å². The number of carbonyl (C=O) groups excluding carboxylic acids is 2. The van der Waals surface area contributed by atoms with Crippen molar-refractivity contribution < 1.29 is 22.4 Å². The molecule has 4 rings (SSSR count). The number of halogens is 1. The molecular weight excluding hydrogens is 589 g/mol. The van der Waals surface area contributed by atoms with Crippen LogP contribution in [0.4, 0.5) is 10.1 Å². The zero-order valence-corrected chi connectivity index (χ0v) is 26.8. The lowest BCUT2D eigenvalue weighted by atomic mass is 10.0. The molecule has 1 N–H and O–H groups in total. The quantitative estimate of drug-likeness (QED) is 0.169. The molecule has 0 aliphatic heterocycles. The molecule has 0 heterocycles. The zero-order valence-electron chi connectivity index (χ0n) is 25.9. The van der Waals surface area contributed by atoms with Gasteiger partial charge in [-0.15, -0.1) is 0 Å². The van der Waals surface area contributed by atoms with Gasteiger partial charge in [0, 0.05) is 19.5 Å². The number of rotatable bonds is 14. The van der Waals surface area contributed by atoms with Crippen molar-refractivity contribution >= 4 is 27.5 Å². The topological polar surface area (TPSA) is 86.8 Å². The lowest BCUT2D eigenvalue weighted by molar-refractivity contribution is -0.140. The number of sulfonamides is 1. The molecule has 236 valence electrons. The van der Waals surface area contributed by atoms with E-state index in [0.717, 1.165) is 51.5 Å². The Morgan fingerprint density at radius 1 is 0.844 bits per heavy atom. The van der Waals surface area contributed by atoms with Crippen molar-refractivity contribution in [3.05, 3.63) is 131 Å². The number of hydrogen-bond donors (Lipinski definition) is 1. The van der Waals surface area contributed by atoms with E-state index in [4.69, 9.17) is 0 Å². The molecule has 2 amide bonds. The van der Waals surface area contributed by atoms with Crippen LogP contribution in [0.15, 0.2) is 108 Å². The number of nitrogens with one attached hydrogen (secondary N) is 1. The summed E-state index contributed by atoms with van der Waals surface area (Å²) in [7, 11) is -4.30. The molecule has 9 heteroatoms. The van der Waals surface area contributed by atoms with E-state index in [9.17, 15) is 22.4 Å². The molecule has 1 atom stereocenters. The molecular formula is C36H40FN3O4S. The van der Waals surface area contributed by atoms with E-state index < -0.39 is 34.3 Å². The molecule has 0 unspecified atom stereocenters. The highest BCUT2D eigenvalue weighted by Crippen LogP contribution is 2.26. The molecule has 0 aliphatic carbocycles. The fourth-order valence-corrected chi connectivity index (χ4v) is 6.42. The molecule has 45 heavy (non-hydrogen) atoms. The van der Waals surface area contributed by atoms with E-state index in [2.05, 4.69) is 5.32 Å². The van der Waals surface area contributed by atoms with Gasteiger partial charge in [0.2, 0.25) is 11.8 Å². The van der Waals surface area contributed by atoms with Crippen molar-refractivity contribution in [1.29, 1.82) is 0 Å². The molecule has 0 bridgehead atoms. The average Bonchev–Trinajstić information content (AvgIpc) is 3.03. The van der Waals surface area contributed by atoms with Gasteiger partial charge in [-0.25, -0.2) is 12.8 Å². The van der Waals surface area contributed by atoms with Crippen LogP contribution >= 0.6 is 0 Å². The largest absolute Gasteiger partial charge is 0.354 e. The molecule has 0 spiro atoms. The van der Waals surface area contributed by atoms with Crippen LogP contribution in [0.2, 0.25) is 0 Å². The summed E-state index contributed by atoms with van der Waals surface area (Å²) in [5.41, 5.74) is 3.84. The third-order valence-corrected chi connectivity index (χ3v) is 9.49. The summed E-state index contributed by atoms with van der Waals surface area (Å²) >= 11 is 0. The summed E-state index contributed by atoms with van der Waals surface area (Å²) in [6, 6.07) is 27.4. The van der Waals surface area contributed by atoms with Crippen molar-refractivity contribution in [2.45, 2.75) is 57.5 Å². The van der Waals surface area contributed by atoms with Gasteiger partial charge in [-0.2, -0.15) is 0 Å². The van der Waals surface area contributed by atoms with E-state index in [1.807, 2.05) is 75.4 Å². The number of carbonyl (C=O) groups is 2. The Morgan fingerprint density at radius 3 is 2.13 bits per heavy atom. The summed E-state index contributed by atoms with van der Waals surface area (Å²) < 4.78 is 42.8. The highest BCUT2D eigenvalue weighted by molar-refractivity contribution is 7.92. The Bertz CT molecular complexity index is 1680. The minimum Gasteiger partial charge on any atom is -0.354 e. The van der Waals surface area contributed by atoms with Crippen LogP contribution in [-0.4, -0.2) is 44.3 Å². The molecule has 4 aromatic carbocycles. The van der Waals surface area contributed by atoms with Crippen LogP contribution in [0.1, 0.15) is 42.0 Å². The minimum absolute atomic E-state index is 0.0997. The van der Waals surface area contributed by atoms with Gasteiger partial charge in [0.1, 0.15) is 18.4 Å². The van der Waals surface area contributed by atoms with Crippen LogP contribution in [0, 0.1) is 19.7 Å². The number of amides is 2. The van der Waals surface area contributed by atoms with E-state index in [1.165, 1.54) is 17.0 Å². The number of unbranched alkanes of at least 4 members (excludes halogenated alkanes) is 1. The van der Waals surface area contributed by atoms with Crippen molar-refractivity contribution in [3.8, 4) is 0 Å². The number of nitrogens with zero attached hydrogens (tertiary/aromatic N) is 2. The van der Waals surface area contributed by atoms with Crippen molar-refractivity contribution in [1.82, 2.24) is 10.2 Å². The summed E-state index contributed by atoms with van der Waals surface area (Å²) in [6.07, 6.45) is 1.92. The Hall–Kier alpha value is -4.50. The molecule has 0 saturated heterocycles. The van der Waals surface area contributed by atoms with Crippen molar-refractivity contribution in [3.63, 3.8) is 0 Å². The van der Waals surface area contributed by atoms with Crippen LogP contribution < -0.4 is 9.62 Å². The van der Waals surface area contributed by atoms with Crippen LogP contribution in [0.5, 0.6) is 0 Å². The lowest BCUT2D eigenvalue weighted by Gasteiger charge is -2.34. The monoisotopic (exact) mass is 629 g/mol. The predicted molar refractivity (Wildman–Crippen MR) is 176 cm³/mol. The van der Waals surface area contributed by atoms with Gasteiger partial charge < -0.3 is 10.2 Å². The average molecular weight is 630 g/mol. The maximum Gasteiger partial charge on any atom is 0.264 e. The number of benzene rings is 4. The maximum absolute atomic E-state index is 14.5. The highest BCUT2D eigenvalue weighted by atomic mass is 32.2. The third-order valence-electron chi connectivity index (χ3n) is 7.71. The number of aryl methyl sites for hydroxylation is 2. The summed E-state index contributed by atoms with van der Waals surface area (Å²) in [5.74, 6) is -1.43. The fraction of sp³-hybridized carbons (Fsp3) is 0.278. The van der Waals surface area contributed by atoms with Crippen molar-refractivity contribution in [2.75, 3.05) is 17.4 Å². The molecule has 0 fully saturated rings. The first kappa shape index (κ1) is 33.4. The molecule has 0 radical (unpaired) electrons. The summed E-state index contributed by atoms with van der Waals surface area (Å²) in [6.45, 7) is 5.83. The predicted octanol–water partition coefficient (Wildman–Crippen LogP) is 6.19. The first-order valence-corrected chi connectivity index (χ1v) is 16.5. The lowest BCUT2D eigenvalue weighted by Crippen LogP contribution is -2.53. The third kappa shape index (κ3) is 8.79. The SMILES string of the molecule is CCCCNC(=O)[C@H](Cc1ccccc1)N(Cc1ccccc1C)C(=O)CN(c1ccc(C)cc1)S(=O)(=O)c1ccc(F)cc1. The van der Waals surface area contributed by atoms with Crippen LogP contribution in [0.3, 0.4) is 0 Å². The minimum atomic E-state index is -4.30. The van der Waals surface area contributed by atoms with Gasteiger partial charge in [-0.1, -0.05) is 85.6 Å². The normalized spacial score (nSPS) is 11.9. The van der Waals surface area contributed by atoms with Gasteiger partial charge in [0.15, 0.2) is 0 Å². The Balaban J connectivity index is 1.79. The fourth-order valence-electron chi connectivity index (χ4n) is 5.00. The maximum atomic E-state index is 14.5. The van der Waals surface area contributed by atoms with Gasteiger partial charge in [-0.05, 0) is 73.4 Å². The summed E-state index contributed by atoms with van der Waals surface area (Å²) in [5, 5.41) is 2.99. The van der Waals surface area contributed by atoms with E-state index in [-0.39, 0.29) is 29.5 Å². The second-order valence-electron chi connectivity index (χ2n) is 11.1. The van der Waals surface area contributed by atoms with Crippen molar-refractivity contribution in [2.24, 2.45) is 0 Å². The van der Waals surface area contributed by atoms with E-state index >= 15 is 0 Å². The standard InChI is InChI=1S/C36H40FN3O4S/c1-4-5-23-38-36(42)34(24-29-12-7-6-8-13-29)39(25-30-14-10-9-11-28(30)3)35(41)26-40(32-19-15-27(2)16-20-32)45(43,44)33-21-17-31(37)18-22-33/h6-22,34H,4-5,23-26H2,1-3H3,(H,38,42)/t34-/m0/s1. The highest BCUT2D eigenvalue weighted by Gasteiger charge is 2.34. The number of hydrogen-bond acceptors (Lipinski definition) is 4. The molecule has 0 saturated carbocycles. The first-order valence-electron chi connectivity index (χ1n) is 15.1. The molecule has 4 aromatic rings. The first-order chi connectivity index (χ1) is 21.6. The van der Waals surface area contributed by atoms with Gasteiger partial charge in [0.05, 0.1) is 10.6 Å². The molecule has 0 aliphatic rings. The Labute approximate surface area is 265 Å². The van der Waals surface area contributed by atoms with Gasteiger partial charge in [0.25, 0.3) is 10.0 Å². The number of anilines is 1. The Morgan fingerprint density at radius 2 is 1.49 bits per heavy atom. The van der Waals surface area contributed by atoms with Gasteiger partial charge in [-0.3, -0.25) is 13.9 Å². The second kappa shape index (κ2) is 15.5. The van der Waals surface area contributed by atoms with Crippen LogP contribution in [-0.2, 0) is 32.6 Å². The van der Waals surface area contributed by atoms with E-state index in [1.54, 1.807) is 24.3 Å². The Kier molecular flexibility index (Phi) is 11.5. The van der Waals surface area contributed by atoms with Crippen LogP contribution in [0.25, 0.3) is 0 Å². The zero-order chi connectivity index (χ0) is 32.4. The summed E-state index contributed by atoms with van der Waals surface area (Å²) in [4.78, 5) is 29.6. The molecule has 7 nitrogen and oxygen atoms in total. The molecule has 0 aromatic heterocycles. The smallest absolute Gasteiger partial charge is 0.264 e. The second-order valence-corrected chi connectivity index (χ2v) is 13.0. The van der Waals surface area contributed by atoms with E-state index in [0.29, 0.717) is 6.54 Å².